The van der Waals surface area contributed by atoms with Crippen molar-refractivity contribution in [1.29, 1.82) is 0 Å². The van der Waals surface area contributed by atoms with Crippen LogP contribution in [0.1, 0.15) is 187 Å². The molecule has 12 nitrogen and oxygen atoms in total. The van der Waals surface area contributed by atoms with Crippen LogP contribution in [0, 0.1) is 0 Å². The molecule has 4 N–H and O–H groups in total. The van der Waals surface area contributed by atoms with Gasteiger partial charge in [-0.1, -0.05) is 168 Å². The zero-order valence-corrected chi connectivity index (χ0v) is 34.2. The van der Waals surface area contributed by atoms with Crippen molar-refractivity contribution in [2.45, 2.75) is 224 Å². The molecule has 1 rings (SSSR count). The fraction of sp³-hybridized carbons (Fsp3) is 0.975. The fourth-order valence-corrected chi connectivity index (χ4v) is 7.24. The molecule has 0 bridgehead atoms. The van der Waals surface area contributed by atoms with Crippen molar-refractivity contribution in [2.24, 2.45) is 0 Å². The predicted molar refractivity (Wildman–Crippen MR) is 207 cm³/mol. The number of carbonyl (C=O) groups excluding carboxylic acids is 1. The molecule has 0 aromatic carbocycles. The molecule has 1 aliphatic rings. The Morgan fingerprint density at radius 1 is 0.642 bits per heavy atom. The molecule has 316 valence electrons. The highest BCUT2D eigenvalue weighted by molar-refractivity contribution is 7.80. The molecule has 1 saturated heterocycles. The summed E-state index contributed by atoms with van der Waals surface area (Å²) in [5.74, 6) is -0.398. The van der Waals surface area contributed by atoms with Crippen LogP contribution in [0.15, 0.2) is 0 Å². The van der Waals surface area contributed by atoms with Gasteiger partial charge in [0.05, 0.1) is 19.8 Å². The zero-order chi connectivity index (χ0) is 39.0. The molecule has 0 amide bonds. The second-order valence-electron chi connectivity index (χ2n) is 15.0. The summed E-state index contributed by atoms with van der Waals surface area (Å²) in [7, 11) is -5.05. The minimum absolute atomic E-state index is 0.0440. The Bertz CT molecular complexity index is 952. The molecule has 6 atom stereocenters. The van der Waals surface area contributed by atoms with E-state index in [1.807, 2.05) is 0 Å². The maximum atomic E-state index is 12.8. The van der Waals surface area contributed by atoms with Crippen molar-refractivity contribution in [3.63, 3.8) is 0 Å². The number of esters is 1. The van der Waals surface area contributed by atoms with Crippen LogP contribution in [0.5, 0.6) is 0 Å². The van der Waals surface area contributed by atoms with Crippen LogP contribution in [0.25, 0.3) is 0 Å². The molecule has 13 heteroatoms. The number of rotatable bonds is 37. The standard InChI is InChI=1S/C40H78O12S/c1-3-5-7-9-11-13-15-16-17-18-19-20-22-24-26-28-30-48-32-34(50-36(42)29-27-25-23-21-14-12-10-8-6-4-2)33-49-40-38(44)39(52-53(45,46)47)37(43)35(31-41)51-40/h34-35,37-41,43-44H,3-33H2,1-2H3,(H,45,46,47). The van der Waals surface area contributed by atoms with Gasteiger partial charge >= 0.3 is 16.4 Å². The van der Waals surface area contributed by atoms with Crippen molar-refractivity contribution >= 4 is 16.4 Å². The highest BCUT2D eigenvalue weighted by Crippen LogP contribution is 2.26. The van der Waals surface area contributed by atoms with Crippen LogP contribution in [0.4, 0.5) is 0 Å². The van der Waals surface area contributed by atoms with Crippen LogP contribution in [-0.2, 0) is 38.3 Å². The fourth-order valence-electron chi connectivity index (χ4n) is 6.73. The molecule has 1 aliphatic heterocycles. The Kier molecular flexibility index (Phi) is 31.5. The van der Waals surface area contributed by atoms with Gasteiger partial charge in [0.15, 0.2) is 6.29 Å². The number of unbranched alkanes of at least 4 members (excludes halogenated alkanes) is 24. The highest BCUT2D eigenvalue weighted by Gasteiger charge is 2.48. The molecule has 0 radical (unpaired) electrons. The van der Waals surface area contributed by atoms with E-state index in [4.69, 9.17) is 23.5 Å². The van der Waals surface area contributed by atoms with Crippen molar-refractivity contribution in [3.8, 4) is 0 Å². The van der Waals surface area contributed by atoms with Crippen LogP contribution >= 0.6 is 0 Å². The number of aliphatic hydroxyl groups is 3. The third kappa shape index (κ3) is 27.4. The predicted octanol–water partition coefficient (Wildman–Crippen LogP) is 8.13. The summed E-state index contributed by atoms with van der Waals surface area (Å²) in [5.41, 5.74) is 0. The summed E-state index contributed by atoms with van der Waals surface area (Å²) >= 11 is 0. The van der Waals surface area contributed by atoms with Gasteiger partial charge in [0.25, 0.3) is 0 Å². The first kappa shape index (κ1) is 50.1. The molecular weight excluding hydrogens is 704 g/mol. The van der Waals surface area contributed by atoms with E-state index in [1.54, 1.807) is 0 Å². The van der Waals surface area contributed by atoms with Gasteiger partial charge in [-0.3, -0.25) is 9.35 Å². The Morgan fingerprint density at radius 3 is 1.51 bits per heavy atom. The molecule has 0 saturated carbocycles. The SMILES string of the molecule is CCCCCCCCCCCCCCCCCCOCC(COC1OC(CO)C(O)C(OS(=O)(=O)O)C1O)OC(=O)CCCCCCCCCCCC. The summed E-state index contributed by atoms with van der Waals surface area (Å²) in [6.45, 7) is 3.99. The minimum Gasteiger partial charge on any atom is -0.457 e. The normalized spacial score (nSPS) is 21.2. The first-order chi connectivity index (χ1) is 25.6. The summed E-state index contributed by atoms with van der Waals surface area (Å²) in [5, 5.41) is 30.6. The van der Waals surface area contributed by atoms with Crippen molar-refractivity contribution in [2.75, 3.05) is 26.4 Å². The van der Waals surface area contributed by atoms with Gasteiger partial charge in [-0.05, 0) is 12.8 Å². The van der Waals surface area contributed by atoms with Crippen LogP contribution in [0.2, 0.25) is 0 Å². The lowest BCUT2D eigenvalue weighted by molar-refractivity contribution is -0.301. The van der Waals surface area contributed by atoms with Gasteiger partial charge in [-0.2, -0.15) is 8.42 Å². The third-order valence-electron chi connectivity index (χ3n) is 9.98. The Morgan fingerprint density at radius 2 is 1.08 bits per heavy atom. The monoisotopic (exact) mass is 783 g/mol. The topological polar surface area (TPSA) is 178 Å². The van der Waals surface area contributed by atoms with E-state index in [0.717, 1.165) is 38.5 Å². The third-order valence-corrected chi connectivity index (χ3v) is 10.4. The van der Waals surface area contributed by atoms with Gasteiger partial charge in [0, 0.05) is 13.0 Å². The molecular formula is C40H78O12S. The Balaban J connectivity index is 2.42. The number of ether oxygens (including phenoxy) is 4. The molecule has 0 aromatic heterocycles. The van der Waals surface area contributed by atoms with E-state index in [9.17, 15) is 28.5 Å². The van der Waals surface area contributed by atoms with Gasteiger partial charge in [0.1, 0.15) is 30.5 Å². The number of hydrogen-bond donors (Lipinski definition) is 4. The van der Waals surface area contributed by atoms with Gasteiger partial charge in [-0.15, -0.1) is 0 Å². The lowest BCUT2D eigenvalue weighted by Gasteiger charge is -2.41. The minimum atomic E-state index is -5.05. The summed E-state index contributed by atoms with van der Waals surface area (Å²) in [6.07, 6.45) is 22.9. The van der Waals surface area contributed by atoms with E-state index in [1.165, 1.54) is 122 Å². The van der Waals surface area contributed by atoms with Crippen molar-refractivity contribution in [3.05, 3.63) is 0 Å². The van der Waals surface area contributed by atoms with E-state index >= 15 is 0 Å². The van der Waals surface area contributed by atoms with Crippen molar-refractivity contribution in [1.82, 2.24) is 0 Å². The van der Waals surface area contributed by atoms with E-state index in [-0.39, 0.29) is 19.6 Å². The lowest BCUT2D eigenvalue weighted by Crippen LogP contribution is -2.60. The van der Waals surface area contributed by atoms with Gasteiger partial charge in [0.2, 0.25) is 0 Å². The van der Waals surface area contributed by atoms with E-state index < -0.39 is 59.8 Å². The largest absolute Gasteiger partial charge is 0.457 e. The molecule has 53 heavy (non-hydrogen) atoms. The van der Waals surface area contributed by atoms with Crippen LogP contribution < -0.4 is 0 Å². The molecule has 0 aliphatic carbocycles. The molecule has 0 spiro atoms. The Labute approximate surface area is 322 Å². The number of carbonyl (C=O) groups is 1. The molecule has 1 heterocycles. The summed E-state index contributed by atoms with van der Waals surface area (Å²) < 4.78 is 58.9. The average molecular weight is 783 g/mol. The van der Waals surface area contributed by atoms with Crippen molar-refractivity contribution < 1.29 is 56.2 Å². The molecule has 0 aromatic rings. The zero-order valence-electron chi connectivity index (χ0n) is 33.3. The Hall–Kier alpha value is -0.900. The first-order valence-corrected chi connectivity index (χ1v) is 22.7. The maximum absolute atomic E-state index is 12.8. The quantitative estimate of drug-likeness (QED) is 0.0271. The molecule has 1 fully saturated rings. The number of aliphatic hydroxyl groups excluding tert-OH is 3. The summed E-state index contributed by atoms with van der Waals surface area (Å²) in [4.78, 5) is 12.8. The summed E-state index contributed by atoms with van der Waals surface area (Å²) in [6, 6.07) is 0. The highest BCUT2D eigenvalue weighted by atomic mass is 32.3. The smallest absolute Gasteiger partial charge is 0.397 e. The maximum Gasteiger partial charge on any atom is 0.397 e. The lowest BCUT2D eigenvalue weighted by atomic mass is 9.99. The number of hydrogen-bond acceptors (Lipinski definition) is 11. The van der Waals surface area contributed by atoms with E-state index in [0.29, 0.717) is 13.0 Å². The second-order valence-corrected chi connectivity index (χ2v) is 16.0. The van der Waals surface area contributed by atoms with Crippen LogP contribution in [-0.4, -0.2) is 97.5 Å². The average Bonchev–Trinajstić information content (AvgIpc) is 3.12. The van der Waals surface area contributed by atoms with Crippen LogP contribution in [0.3, 0.4) is 0 Å². The van der Waals surface area contributed by atoms with Gasteiger partial charge in [-0.25, -0.2) is 4.18 Å². The van der Waals surface area contributed by atoms with E-state index in [2.05, 4.69) is 18.0 Å². The molecule has 6 unspecified atom stereocenters. The first-order valence-electron chi connectivity index (χ1n) is 21.3. The van der Waals surface area contributed by atoms with Gasteiger partial charge < -0.3 is 34.3 Å². The second kappa shape index (κ2) is 33.3.